The third kappa shape index (κ3) is 1.85. The molecule has 0 N–H and O–H groups in total. The maximum absolute atomic E-state index is 12.2. The van der Waals surface area contributed by atoms with Crippen molar-refractivity contribution in [2.24, 2.45) is 0 Å². The Morgan fingerprint density at radius 3 is 2.82 bits per heavy atom. The Morgan fingerprint density at radius 2 is 2.24 bits per heavy atom. The molecule has 4 nitrogen and oxygen atoms in total. The fourth-order valence-electron chi connectivity index (χ4n) is 2.03. The monoisotopic (exact) mass is 272 g/mol. The highest BCUT2D eigenvalue weighted by molar-refractivity contribution is 8.14. The number of fused-ring (bicyclic) bond motifs is 1. The number of aromatic nitrogens is 2. The van der Waals surface area contributed by atoms with Crippen molar-refractivity contribution in [1.82, 2.24) is 9.55 Å². The highest BCUT2D eigenvalue weighted by Gasteiger charge is 2.33. The number of nitrogens with zero attached hydrogens (tertiary/aromatic N) is 2. The normalized spacial score (nSPS) is 22.0. The largest absolute Gasteiger partial charge is 0.473 e. The molecule has 0 saturated heterocycles. The number of aryl methyl sites for hydroxylation is 1. The first-order valence-corrected chi connectivity index (χ1v) is 7.42. The summed E-state index contributed by atoms with van der Waals surface area (Å²) in [5.41, 5.74) is 0.551. The lowest BCUT2D eigenvalue weighted by molar-refractivity contribution is 0.522. The zero-order valence-corrected chi connectivity index (χ0v) is 12.3. The summed E-state index contributed by atoms with van der Waals surface area (Å²) in [4.78, 5) is 16.8. The first-order chi connectivity index (χ1) is 7.89. The minimum Gasteiger partial charge on any atom is -0.473 e. The van der Waals surface area contributed by atoms with Crippen LogP contribution in [0.5, 0.6) is 5.75 Å². The standard InChI is InChI=1S/C11H17N2O2PS/c1-7-8(15-16)9(14)13-5-6-17(4)11(2,3)10(13)12-7/h4-6,16H2,1-3H3. The van der Waals surface area contributed by atoms with Crippen LogP contribution in [0.2, 0.25) is 0 Å². The summed E-state index contributed by atoms with van der Waals surface area (Å²) in [6.07, 6.45) is 0. The molecule has 2 heterocycles. The van der Waals surface area contributed by atoms with Gasteiger partial charge in [-0.05, 0) is 20.8 Å². The van der Waals surface area contributed by atoms with Crippen molar-refractivity contribution >= 4 is 25.8 Å². The van der Waals surface area contributed by atoms with Gasteiger partial charge in [-0.1, -0.05) is 5.87 Å². The summed E-state index contributed by atoms with van der Waals surface area (Å²) in [6, 6.07) is 0. The van der Waals surface area contributed by atoms with Gasteiger partial charge in [0.1, 0.15) is 5.82 Å². The van der Waals surface area contributed by atoms with E-state index in [9.17, 15) is 4.79 Å². The van der Waals surface area contributed by atoms with Gasteiger partial charge in [0.15, 0.2) is 0 Å². The van der Waals surface area contributed by atoms with Crippen molar-refractivity contribution in [2.75, 3.05) is 5.75 Å². The Labute approximate surface area is 106 Å². The fraction of sp³-hybridized carbons (Fsp3) is 0.545. The van der Waals surface area contributed by atoms with Crippen molar-refractivity contribution in [2.45, 2.75) is 32.1 Å². The molecule has 17 heavy (non-hydrogen) atoms. The first-order valence-electron chi connectivity index (χ1n) is 5.39. The molecular formula is C11H17N2O2PS. The van der Waals surface area contributed by atoms with Crippen LogP contribution in [0.15, 0.2) is 4.79 Å². The van der Waals surface area contributed by atoms with Crippen LogP contribution in [0.1, 0.15) is 25.4 Å². The summed E-state index contributed by atoms with van der Waals surface area (Å²) in [6.45, 7) is 6.68. The lowest BCUT2D eigenvalue weighted by Crippen LogP contribution is -2.38. The Hall–Kier alpha value is -0.670. The molecule has 0 fully saturated rings. The highest BCUT2D eigenvalue weighted by atomic mass is 32.2. The minimum absolute atomic E-state index is 0.00527. The summed E-state index contributed by atoms with van der Waals surface area (Å²) < 4.78 is 6.62. The summed E-state index contributed by atoms with van der Waals surface area (Å²) in [7, 11) is 2.11. The van der Waals surface area contributed by atoms with Crippen LogP contribution in [0.3, 0.4) is 0 Å². The Balaban J connectivity index is 2.76. The zero-order chi connectivity index (χ0) is 12.8. The molecule has 1 aliphatic rings. The van der Waals surface area contributed by atoms with Crippen LogP contribution < -0.4 is 10.1 Å². The van der Waals surface area contributed by atoms with Crippen LogP contribution in [0.4, 0.5) is 0 Å². The van der Waals surface area contributed by atoms with Crippen LogP contribution in [-0.4, -0.2) is 21.2 Å². The van der Waals surface area contributed by atoms with Gasteiger partial charge in [0, 0.05) is 12.3 Å². The van der Waals surface area contributed by atoms with Gasteiger partial charge in [0.25, 0.3) is 5.56 Å². The molecule has 0 spiro atoms. The molecule has 1 aromatic rings. The molecule has 0 saturated carbocycles. The smallest absolute Gasteiger partial charge is 0.296 e. The maximum atomic E-state index is 12.2. The fourth-order valence-corrected chi connectivity index (χ4v) is 3.63. The van der Waals surface area contributed by atoms with E-state index in [1.807, 2.05) is 0 Å². The second-order valence-electron chi connectivity index (χ2n) is 4.63. The van der Waals surface area contributed by atoms with Crippen LogP contribution >= 0.6 is 20.0 Å². The van der Waals surface area contributed by atoms with Crippen molar-refractivity contribution in [3.63, 3.8) is 0 Å². The van der Waals surface area contributed by atoms with Crippen molar-refractivity contribution < 1.29 is 4.52 Å². The first kappa shape index (κ1) is 12.8. The Bertz CT molecular complexity index is 551. The lowest BCUT2D eigenvalue weighted by Gasteiger charge is -2.35. The molecular weight excluding hydrogens is 255 g/mol. The van der Waals surface area contributed by atoms with Gasteiger partial charge < -0.3 is 4.52 Å². The second kappa shape index (κ2) is 4.21. The van der Waals surface area contributed by atoms with Gasteiger partial charge in [-0.2, -0.15) is 10.5 Å². The molecule has 2 unspecified atom stereocenters. The second-order valence-corrected chi connectivity index (χ2v) is 7.28. The number of hydrogen-bond donors (Lipinski definition) is 0. The third-order valence-electron chi connectivity index (χ3n) is 3.24. The van der Waals surface area contributed by atoms with Crippen LogP contribution in [-0.2, 0) is 11.3 Å². The van der Waals surface area contributed by atoms with E-state index in [1.165, 1.54) is 0 Å². The van der Waals surface area contributed by atoms with E-state index < -0.39 is 0 Å². The summed E-state index contributed by atoms with van der Waals surface area (Å²) in [5.74, 6) is 6.25. The van der Waals surface area contributed by atoms with Gasteiger partial charge in [0.05, 0.1) is 19.9 Å². The SMILES string of the molecule is C=S1CCn2c(nc(C)c(OP)c2=O)C1(C)C. The van der Waals surface area contributed by atoms with Gasteiger partial charge in [-0.3, -0.25) is 9.36 Å². The molecule has 0 aliphatic carbocycles. The van der Waals surface area contributed by atoms with E-state index in [1.54, 1.807) is 11.5 Å². The topological polar surface area (TPSA) is 44.1 Å². The van der Waals surface area contributed by atoms with E-state index >= 15 is 0 Å². The zero-order valence-electron chi connectivity index (χ0n) is 10.3. The van der Waals surface area contributed by atoms with Crippen LogP contribution in [0, 0.1) is 6.92 Å². The lowest BCUT2D eigenvalue weighted by atomic mass is 10.1. The molecule has 0 amide bonds. The summed E-state index contributed by atoms with van der Waals surface area (Å²) in [5, 5.41) is 0. The van der Waals surface area contributed by atoms with Gasteiger partial charge in [0.2, 0.25) is 5.75 Å². The third-order valence-corrected chi connectivity index (χ3v) is 5.77. The van der Waals surface area contributed by atoms with E-state index in [0.29, 0.717) is 18.0 Å². The van der Waals surface area contributed by atoms with Crippen molar-refractivity contribution in [3.8, 4) is 5.75 Å². The van der Waals surface area contributed by atoms with E-state index in [2.05, 4.69) is 34.2 Å². The van der Waals surface area contributed by atoms with Crippen molar-refractivity contribution in [3.05, 3.63) is 21.9 Å². The predicted octanol–water partition coefficient (Wildman–Crippen LogP) is 1.67. The predicted molar refractivity (Wildman–Crippen MR) is 76.2 cm³/mol. The van der Waals surface area contributed by atoms with Gasteiger partial charge >= 0.3 is 0 Å². The Kier molecular flexibility index (Phi) is 3.17. The van der Waals surface area contributed by atoms with Gasteiger partial charge in [-0.15, -0.1) is 0 Å². The quantitative estimate of drug-likeness (QED) is 0.577. The summed E-state index contributed by atoms with van der Waals surface area (Å²) >= 11 is 0. The average molecular weight is 272 g/mol. The number of rotatable bonds is 1. The molecule has 0 radical (unpaired) electrons. The molecule has 2 atom stereocenters. The highest BCUT2D eigenvalue weighted by Crippen LogP contribution is 2.42. The van der Waals surface area contributed by atoms with E-state index in [4.69, 9.17) is 4.52 Å². The van der Waals surface area contributed by atoms with E-state index in [0.717, 1.165) is 11.6 Å². The molecule has 6 heteroatoms. The van der Waals surface area contributed by atoms with Crippen molar-refractivity contribution in [1.29, 1.82) is 0 Å². The minimum atomic E-state index is -0.151. The molecule has 94 valence electrons. The average Bonchev–Trinajstić information content (AvgIpc) is 2.25. The number of hydrogen-bond acceptors (Lipinski definition) is 3. The molecule has 2 rings (SSSR count). The van der Waals surface area contributed by atoms with Gasteiger partial charge in [-0.25, -0.2) is 4.98 Å². The van der Waals surface area contributed by atoms with E-state index in [-0.39, 0.29) is 20.8 Å². The maximum Gasteiger partial charge on any atom is 0.296 e. The molecule has 1 aliphatic heterocycles. The molecule has 0 bridgehead atoms. The molecule has 1 aromatic heterocycles. The van der Waals surface area contributed by atoms with Crippen LogP contribution in [0.25, 0.3) is 0 Å². The Morgan fingerprint density at radius 1 is 1.59 bits per heavy atom. The molecule has 0 aromatic carbocycles.